The second-order valence-electron chi connectivity index (χ2n) is 4.89. The zero-order valence-electron chi connectivity index (χ0n) is 12.1. The number of fused-ring (bicyclic) bond motifs is 1. The molecule has 3 rings (SSSR count). The molecule has 0 atom stereocenters. The highest BCUT2D eigenvalue weighted by atomic mass is 79.9. The summed E-state index contributed by atoms with van der Waals surface area (Å²) in [4.78, 5) is 15.3. The molecule has 0 aliphatic rings. The van der Waals surface area contributed by atoms with Crippen LogP contribution in [-0.4, -0.2) is 17.6 Å². The normalized spacial score (nSPS) is 11.0. The predicted octanol–water partition coefficient (Wildman–Crippen LogP) is 5.57. The second-order valence-corrected chi connectivity index (χ2v) is 6.15. The number of hydrogen-bond acceptors (Lipinski definition) is 2. The highest BCUT2D eigenvalue weighted by Gasteiger charge is 2.22. The Morgan fingerprint density at radius 2 is 2.09 bits per heavy atom. The molecule has 1 aromatic heterocycles. The van der Waals surface area contributed by atoms with Crippen LogP contribution in [0.1, 0.15) is 17.4 Å². The molecule has 3 nitrogen and oxygen atoms in total. The molecule has 0 unspecified atom stereocenters. The van der Waals surface area contributed by atoms with Crippen LogP contribution in [0.3, 0.4) is 0 Å². The van der Waals surface area contributed by atoms with Gasteiger partial charge in [-0.1, -0.05) is 29.8 Å². The third kappa shape index (κ3) is 2.86. The van der Waals surface area contributed by atoms with E-state index >= 15 is 0 Å². The third-order valence-corrected chi connectivity index (χ3v) is 4.66. The van der Waals surface area contributed by atoms with E-state index < -0.39 is 11.8 Å². The number of nitrogens with one attached hydrogen (secondary N) is 1. The van der Waals surface area contributed by atoms with Gasteiger partial charge in [-0.05, 0) is 41.1 Å². The Hall–Kier alpha value is -1.85. The van der Waals surface area contributed by atoms with E-state index in [9.17, 15) is 9.18 Å². The first-order valence-corrected chi connectivity index (χ1v) is 8.12. The van der Waals surface area contributed by atoms with Gasteiger partial charge in [0.1, 0.15) is 11.5 Å². The molecule has 0 saturated heterocycles. The van der Waals surface area contributed by atoms with Crippen molar-refractivity contribution in [3.63, 3.8) is 0 Å². The molecule has 1 N–H and O–H groups in total. The van der Waals surface area contributed by atoms with Crippen molar-refractivity contribution in [1.82, 2.24) is 4.98 Å². The Kier molecular flexibility index (Phi) is 4.41. The summed E-state index contributed by atoms with van der Waals surface area (Å²) in [7, 11) is 0. The number of rotatable bonds is 3. The van der Waals surface area contributed by atoms with Crippen LogP contribution in [0, 0.1) is 5.82 Å². The highest BCUT2D eigenvalue weighted by Crippen LogP contribution is 2.38. The summed E-state index contributed by atoms with van der Waals surface area (Å²) < 4.78 is 20.0. The molecule has 23 heavy (non-hydrogen) atoms. The van der Waals surface area contributed by atoms with E-state index in [1.54, 1.807) is 37.3 Å². The highest BCUT2D eigenvalue weighted by molar-refractivity contribution is 9.10. The van der Waals surface area contributed by atoms with Gasteiger partial charge >= 0.3 is 5.97 Å². The third-order valence-electron chi connectivity index (χ3n) is 3.46. The molecular formula is C17H12BrClFNO2. The maximum Gasteiger partial charge on any atom is 0.355 e. The maximum atomic E-state index is 14.3. The largest absolute Gasteiger partial charge is 0.461 e. The Morgan fingerprint density at radius 1 is 1.35 bits per heavy atom. The topological polar surface area (TPSA) is 42.1 Å². The summed E-state index contributed by atoms with van der Waals surface area (Å²) in [6.07, 6.45) is 0. The first-order chi connectivity index (χ1) is 11.0. The molecule has 6 heteroatoms. The first-order valence-electron chi connectivity index (χ1n) is 6.95. The molecule has 1 heterocycles. The zero-order chi connectivity index (χ0) is 16.6. The molecule has 0 amide bonds. The van der Waals surface area contributed by atoms with Crippen LogP contribution in [0.2, 0.25) is 5.02 Å². The molecule has 0 aliphatic carbocycles. The number of aromatic nitrogens is 1. The Labute approximate surface area is 145 Å². The lowest BCUT2D eigenvalue weighted by atomic mass is 10.0. The number of H-pyrrole nitrogens is 1. The van der Waals surface area contributed by atoms with Gasteiger partial charge in [-0.15, -0.1) is 0 Å². The minimum atomic E-state index is -0.533. The molecule has 0 fully saturated rings. The molecule has 0 spiro atoms. The monoisotopic (exact) mass is 395 g/mol. The van der Waals surface area contributed by atoms with E-state index in [4.69, 9.17) is 16.3 Å². The van der Waals surface area contributed by atoms with Gasteiger partial charge in [0, 0.05) is 26.5 Å². The van der Waals surface area contributed by atoms with Crippen LogP contribution >= 0.6 is 27.5 Å². The van der Waals surface area contributed by atoms with Gasteiger partial charge in [0.05, 0.1) is 11.6 Å². The lowest BCUT2D eigenvalue weighted by Crippen LogP contribution is -2.06. The van der Waals surface area contributed by atoms with Crippen molar-refractivity contribution in [1.29, 1.82) is 0 Å². The van der Waals surface area contributed by atoms with Crippen molar-refractivity contribution < 1.29 is 13.9 Å². The van der Waals surface area contributed by atoms with Gasteiger partial charge in [0.25, 0.3) is 0 Å². The number of hydrogen-bond donors (Lipinski definition) is 1. The molecule has 3 aromatic rings. The van der Waals surface area contributed by atoms with Gasteiger partial charge in [0.15, 0.2) is 0 Å². The Morgan fingerprint density at radius 3 is 2.78 bits per heavy atom. The molecule has 0 bridgehead atoms. The van der Waals surface area contributed by atoms with Crippen molar-refractivity contribution in [3.8, 4) is 11.1 Å². The quantitative estimate of drug-likeness (QED) is 0.588. The fraction of sp³-hybridized carbons (Fsp3) is 0.118. The van der Waals surface area contributed by atoms with E-state index in [1.165, 1.54) is 6.07 Å². The van der Waals surface area contributed by atoms with Crippen LogP contribution in [-0.2, 0) is 4.74 Å². The van der Waals surface area contributed by atoms with Crippen LogP contribution in [0.4, 0.5) is 4.39 Å². The predicted molar refractivity (Wildman–Crippen MR) is 92.4 cm³/mol. The first kappa shape index (κ1) is 16.0. The van der Waals surface area contributed by atoms with Gasteiger partial charge < -0.3 is 9.72 Å². The number of esters is 1. The molecule has 2 aromatic carbocycles. The molecule has 0 saturated carbocycles. The van der Waals surface area contributed by atoms with Crippen LogP contribution < -0.4 is 0 Å². The number of carbonyl (C=O) groups is 1. The SMILES string of the molecule is CCOC(=O)c1[nH]c2cc(Br)c(Cl)cc2c1-c1ccccc1F. The minimum absolute atomic E-state index is 0.209. The number of aromatic amines is 1. The average Bonchev–Trinajstić information content (AvgIpc) is 2.87. The van der Waals surface area contributed by atoms with Crippen molar-refractivity contribution in [3.05, 3.63) is 57.4 Å². The maximum absolute atomic E-state index is 14.3. The van der Waals surface area contributed by atoms with Crippen LogP contribution in [0.15, 0.2) is 40.9 Å². The van der Waals surface area contributed by atoms with E-state index in [0.717, 1.165) is 0 Å². The Bertz CT molecular complexity index is 907. The molecule has 118 valence electrons. The Balaban J connectivity index is 2.36. The molecule has 0 radical (unpaired) electrons. The lowest BCUT2D eigenvalue weighted by molar-refractivity contribution is 0.0521. The van der Waals surface area contributed by atoms with Gasteiger partial charge in [-0.3, -0.25) is 0 Å². The van der Waals surface area contributed by atoms with Crippen LogP contribution in [0.5, 0.6) is 0 Å². The fourth-order valence-electron chi connectivity index (χ4n) is 2.49. The van der Waals surface area contributed by atoms with Crippen molar-refractivity contribution in [2.75, 3.05) is 6.61 Å². The molecule has 0 aliphatic heterocycles. The van der Waals surface area contributed by atoms with Gasteiger partial charge in [-0.25, -0.2) is 9.18 Å². The van der Waals surface area contributed by atoms with E-state index in [-0.39, 0.29) is 12.3 Å². The summed E-state index contributed by atoms with van der Waals surface area (Å²) in [6.45, 7) is 1.95. The number of benzene rings is 2. The van der Waals surface area contributed by atoms with E-state index in [0.29, 0.717) is 31.5 Å². The van der Waals surface area contributed by atoms with E-state index in [2.05, 4.69) is 20.9 Å². The van der Waals surface area contributed by atoms with Crippen molar-refractivity contribution in [2.24, 2.45) is 0 Å². The van der Waals surface area contributed by atoms with Crippen molar-refractivity contribution >= 4 is 44.4 Å². The van der Waals surface area contributed by atoms with Crippen LogP contribution in [0.25, 0.3) is 22.0 Å². The van der Waals surface area contributed by atoms with Crippen molar-refractivity contribution in [2.45, 2.75) is 6.92 Å². The number of halogens is 3. The number of carbonyl (C=O) groups excluding carboxylic acids is 1. The van der Waals surface area contributed by atoms with Gasteiger partial charge in [0.2, 0.25) is 0 Å². The smallest absolute Gasteiger partial charge is 0.355 e. The minimum Gasteiger partial charge on any atom is -0.461 e. The summed E-state index contributed by atoms with van der Waals surface area (Å²) in [5.41, 5.74) is 1.65. The summed E-state index contributed by atoms with van der Waals surface area (Å²) >= 11 is 9.51. The average molecular weight is 397 g/mol. The zero-order valence-corrected chi connectivity index (χ0v) is 14.5. The number of ether oxygens (including phenoxy) is 1. The standard InChI is InChI=1S/C17H12BrClFNO2/c1-2-23-17(22)16-15(9-5-3-4-6-13(9)20)10-7-12(19)11(18)8-14(10)21-16/h3-8,21H,2H2,1H3. The summed E-state index contributed by atoms with van der Waals surface area (Å²) in [5, 5.41) is 1.14. The fourth-order valence-corrected chi connectivity index (χ4v) is 3.00. The lowest BCUT2D eigenvalue weighted by Gasteiger charge is -2.06. The van der Waals surface area contributed by atoms with Gasteiger partial charge in [-0.2, -0.15) is 0 Å². The molecular weight excluding hydrogens is 385 g/mol. The summed E-state index contributed by atoms with van der Waals surface area (Å²) in [6, 6.07) is 9.74. The van der Waals surface area contributed by atoms with E-state index in [1.807, 2.05) is 0 Å². The second kappa shape index (κ2) is 6.34. The summed E-state index contributed by atoms with van der Waals surface area (Å²) in [5.74, 6) is -0.952.